The molecule has 0 aliphatic carbocycles. The highest BCUT2D eigenvalue weighted by Gasteiger charge is 2.33. The van der Waals surface area contributed by atoms with Gasteiger partial charge in [0.2, 0.25) is 0 Å². The summed E-state index contributed by atoms with van der Waals surface area (Å²) in [6.07, 6.45) is 2.48. The van der Waals surface area contributed by atoms with Crippen molar-refractivity contribution in [3.05, 3.63) is 29.3 Å². The van der Waals surface area contributed by atoms with E-state index in [0.29, 0.717) is 24.2 Å². The molecular formula is C15H18F2N2O2. The molecule has 4 nitrogen and oxygen atoms in total. The monoisotopic (exact) mass is 296 g/mol. The van der Waals surface area contributed by atoms with E-state index in [2.05, 4.69) is 5.32 Å². The van der Waals surface area contributed by atoms with Gasteiger partial charge in [0.25, 0.3) is 0 Å². The zero-order valence-electron chi connectivity index (χ0n) is 11.6. The van der Waals surface area contributed by atoms with Gasteiger partial charge in [-0.05, 0) is 30.9 Å². The fourth-order valence-corrected chi connectivity index (χ4v) is 3.22. The molecule has 0 saturated carbocycles. The fourth-order valence-electron chi connectivity index (χ4n) is 3.22. The highest BCUT2D eigenvalue weighted by atomic mass is 19.2. The summed E-state index contributed by atoms with van der Waals surface area (Å²) in [5.41, 5.74) is 1.36. The number of carboxylic acids is 1. The van der Waals surface area contributed by atoms with Crippen molar-refractivity contribution >= 4 is 11.7 Å². The van der Waals surface area contributed by atoms with E-state index in [9.17, 15) is 13.6 Å². The van der Waals surface area contributed by atoms with Crippen LogP contribution in [0.25, 0.3) is 0 Å². The molecule has 2 heterocycles. The number of nitrogens with zero attached hydrogens (tertiary/aromatic N) is 1. The van der Waals surface area contributed by atoms with Crippen LogP contribution in [0.5, 0.6) is 0 Å². The van der Waals surface area contributed by atoms with Gasteiger partial charge in [-0.3, -0.25) is 4.79 Å². The largest absolute Gasteiger partial charge is 0.481 e. The Morgan fingerprint density at radius 1 is 1.24 bits per heavy atom. The Morgan fingerprint density at radius 3 is 2.52 bits per heavy atom. The Hall–Kier alpha value is -1.69. The lowest BCUT2D eigenvalue weighted by atomic mass is 9.98. The first-order chi connectivity index (χ1) is 10.1. The molecule has 2 aliphatic rings. The number of anilines is 1. The number of carbonyl (C=O) groups is 1. The van der Waals surface area contributed by atoms with Crippen LogP contribution < -0.4 is 10.2 Å². The maximum atomic E-state index is 13.6. The lowest BCUT2D eigenvalue weighted by molar-refractivity contribution is -0.141. The number of benzene rings is 1. The van der Waals surface area contributed by atoms with Gasteiger partial charge in [0.15, 0.2) is 11.6 Å². The predicted octanol–water partition coefficient (Wildman–Crippen LogP) is 2.30. The summed E-state index contributed by atoms with van der Waals surface area (Å²) in [5.74, 6) is -3.06. The molecule has 6 heteroatoms. The van der Waals surface area contributed by atoms with Crippen LogP contribution in [0.3, 0.4) is 0 Å². The molecule has 21 heavy (non-hydrogen) atoms. The van der Waals surface area contributed by atoms with Crippen LogP contribution in [0.4, 0.5) is 14.5 Å². The van der Waals surface area contributed by atoms with E-state index >= 15 is 0 Å². The lowest BCUT2D eigenvalue weighted by Crippen LogP contribution is -2.23. The Bertz CT molecular complexity index is 559. The van der Waals surface area contributed by atoms with Crippen molar-refractivity contribution in [3.8, 4) is 0 Å². The third kappa shape index (κ3) is 2.72. The molecule has 3 rings (SSSR count). The van der Waals surface area contributed by atoms with Gasteiger partial charge in [-0.2, -0.15) is 0 Å². The van der Waals surface area contributed by atoms with E-state index in [1.165, 1.54) is 12.1 Å². The molecule has 2 fully saturated rings. The van der Waals surface area contributed by atoms with E-state index in [-0.39, 0.29) is 6.04 Å². The van der Waals surface area contributed by atoms with Crippen molar-refractivity contribution in [2.75, 3.05) is 24.5 Å². The molecule has 1 aromatic carbocycles. The van der Waals surface area contributed by atoms with Gasteiger partial charge in [-0.15, -0.1) is 0 Å². The van der Waals surface area contributed by atoms with Gasteiger partial charge in [-0.1, -0.05) is 0 Å². The molecular weight excluding hydrogens is 278 g/mol. The number of nitrogens with one attached hydrogen (secondary N) is 1. The van der Waals surface area contributed by atoms with Crippen LogP contribution in [0.15, 0.2) is 12.1 Å². The first-order valence-corrected chi connectivity index (χ1v) is 7.26. The van der Waals surface area contributed by atoms with Crippen LogP contribution in [-0.4, -0.2) is 30.7 Å². The van der Waals surface area contributed by atoms with Gasteiger partial charge in [-0.25, -0.2) is 8.78 Å². The minimum absolute atomic E-state index is 0.239. The number of rotatable bonds is 3. The highest BCUT2D eigenvalue weighted by Crippen LogP contribution is 2.36. The number of hydrogen-bond donors (Lipinski definition) is 2. The second-order valence-electron chi connectivity index (χ2n) is 5.75. The summed E-state index contributed by atoms with van der Waals surface area (Å²) >= 11 is 0. The SMILES string of the molecule is O=C(O)C1CNC(c2cc(F)c(F)cc2N2CCCC2)C1. The van der Waals surface area contributed by atoms with Crippen molar-refractivity contribution in [1.29, 1.82) is 0 Å². The smallest absolute Gasteiger partial charge is 0.307 e. The van der Waals surface area contributed by atoms with Gasteiger partial charge in [0.1, 0.15) is 0 Å². The summed E-state index contributed by atoms with van der Waals surface area (Å²) in [6, 6.07) is 2.22. The maximum absolute atomic E-state index is 13.6. The summed E-state index contributed by atoms with van der Waals surface area (Å²) in [4.78, 5) is 13.1. The van der Waals surface area contributed by atoms with Crippen molar-refractivity contribution in [3.63, 3.8) is 0 Å². The predicted molar refractivity (Wildman–Crippen MR) is 74.3 cm³/mol. The minimum atomic E-state index is -0.881. The van der Waals surface area contributed by atoms with Crippen molar-refractivity contribution < 1.29 is 18.7 Å². The zero-order valence-corrected chi connectivity index (χ0v) is 11.6. The van der Waals surface area contributed by atoms with Crippen LogP contribution >= 0.6 is 0 Å². The summed E-state index contributed by atoms with van der Waals surface area (Å²) in [7, 11) is 0. The Kier molecular flexibility index (Phi) is 3.80. The van der Waals surface area contributed by atoms with Crippen molar-refractivity contribution in [1.82, 2.24) is 5.32 Å². The molecule has 2 unspecified atom stereocenters. The van der Waals surface area contributed by atoms with E-state index in [4.69, 9.17) is 5.11 Å². The lowest BCUT2D eigenvalue weighted by Gasteiger charge is -2.24. The molecule has 0 aromatic heterocycles. The summed E-state index contributed by atoms with van der Waals surface area (Å²) in [6.45, 7) is 2.01. The Morgan fingerprint density at radius 2 is 1.90 bits per heavy atom. The maximum Gasteiger partial charge on any atom is 0.307 e. The fraction of sp³-hybridized carbons (Fsp3) is 0.533. The molecule has 0 spiro atoms. The van der Waals surface area contributed by atoms with Gasteiger partial charge < -0.3 is 15.3 Å². The van der Waals surface area contributed by atoms with Crippen LogP contribution in [0.2, 0.25) is 0 Å². The number of carboxylic acid groups (broad SMARTS) is 1. The third-order valence-electron chi connectivity index (χ3n) is 4.37. The van der Waals surface area contributed by atoms with E-state index < -0.39 is 23.5 Å². The number of hydrogen-bond acceptors (Lipinski definition) is 3. The zero-order chi connectivity index (χ0) is 15.0. The second-order valence-corrected chi connectivity index (χ2v) is 5.75. The third-order valence-corrected chi connectivity index (χ3v) is 4.37. The molecule has 0 bridgehead atoms. The molecule has 114 valence electrons. The van der Waals surface area contributed by atoms with Crippen LogP contribution in [0.1, 0.15) is 30.9 Å². The van der Waals surface area contributed by atoms with Gasteiger partial charge >= 0.3 is 5.97 Å². The Balaban J connectivity index is 1.93. The molecule has 2 aliphatic heterocycles. The molecule has 1 aromatic rings. The average molecular weight is 296 g/mol. The normalized spacial score (nSPS) is 25.5. The molecule has 2 saturated heterocycles. The molecule has 0 amide bonds. The van der Waals surface area contributed by atoms with Crippen molar-refractivity contribution in [2.24, 2.45) is 5.92 Å². The Labute approximate surface area is 121 Å². The minimum Gasteiger partial charge on any atom is -0.481 e. The number of halogens is 2. The van der Waals surface area contributed by atoms with Crippen LogP contribution in [-0.2, 0) is 4.79 Å². The highest BCUT2D eigenvalue weighted by molar-refractivity contribution is 5.71. The summed E-state index contributed by atoms with van der Waals surface area (Å²) in [5, 5.41) is 12.2. The first kappa shape index (κ1) is 14.3. The van der Waals surface area contributed by atoms with E-state index in [1.807, 2.05) is 4.90 Å². The van der Waals surface area contributed by atoms with Crippen molar-refractivity contribution in [2.45, 2.75) is 25.3 Å². The number of aliphatic carboxylic acids is 1. The molecule has 0 radical (unpaired) electrons. The topological polar surface area (TPSA) is 52.6 Å². The standard InChI is InChI=1S/C15H18F2N2O2/c16-11-6-10(13-5-9(8-18-13)15(20)21)14(7-12(11)17)19-3-1-2-4-19/h6-7,9,13,18H,1-5,8H2,(H,20,21). The second kappa shape index (κ2) is 5.60. The first-order valence-electron chi connectivity index (χ1n) is 7.26. The molecule has 2 atom stereocenters. The van der Waals surface area contributed by atoms with Crippen LogP contribution in [0, 0.1) is 17.6 Å². The quantitative estimate of drug-likeness (QED) is 0.898. The van der Waals surface area contributed by atoms with Gasteiger partial charge in [0.05, 0.1) is 5.92 Å². The van der Waals surface area contributed by atoms with E-state index in [1.54, 1.807) is 0 Å². The van der Waals surface area contributed by atoms with Gasteiger partial charge in [0, 0.05) is 37.4 Å². The van der Waals surface area contributed by atoms with E-state index in [0.717, 1.165) is 25.9 Å². The summed E-state index contributed by atoms with van der Waals surface area (Å²) < 4.78 is 27.2. The average Bonchev–Trinajstić information content (AvgIpc) is 3.11. The molecule has 2 N–H and O–H groups in total.